The molecule has 0 radical (unpaired) electrons. The van der Waals surface area contributed by atoms with Gasteiger partial charge in [0.2, 0.25) is 0 Å². The van der Waals surface area contributed by atoms with Crippen LogP contribution in [0.25, 0.3) is 26.4 Å². The van der Waals surface area contributed by atoms with Crippen molar-refractivity contribution in [3.8, 4) is 0 Å². The van der Waals surface area contributed by atoms with Crippen LogP contribution in [0.4, 0.5) is 0 Å². The van der Waals surface area contributed by atoms with Crippen molar-refractivity contribution in [2.24, 2.45) is 9.31 Å². The minimum absolute atomic E-state index is 1.50. The van der Waals surface area contributed by atoms with Gasteiger partial charge in [-0.15, -0.1) is 0 Å². The molecular weight excluding hydrogens is 241 g/mol. The fourth-order valence-electron chi connectivity index (χ4n) is 0.190. The molecular formula is InN9. The molecule has 0 N–H and O–H groups in total. The predicted molar refractivity (Wildman–Crippen MR) is 32.0 cm³/mol. The van der Waals surface area contributed by atoms with Crippen LogP contribution < -0.4 is 4.91 Å². The summed E-state index contributed by atoms with van der Waals surface area (Å²) in [6, 6.07) is 0. The van der Waals surface area contributed by atoms with E-state index in [9.17, 15) is 0 Å². The Hall–Kier alpha value is -1.20. The zero-order chi connectivity index (χ0) is 7.82. The Morgan fingerprint density at radius 2 is 1.80 bits per heavy atom. The Bertz CT molecular complexity index is 221. The summed E-state index contributed by atoms with van der Waals surface area (Å²) in [5.74, 6) is 0. The van der Waals surface area contributed by atoms with E-state index in [1.54, 1.807) is 0 Å². The van der Waals surface area contributed by atoms with Crippen molar-refractivity contribution < 1.29 is 0 Å². The minimum atomic E-state index is -2.29. The molecule has 48 valence electrons. The van der Waals surface area contributed by atoms with Crippen molar-refractivity contribution in [1.29, 1.82) is 0 Å². The number of rotatable bonds is 1. The summed E-state index contributed by atoms with van der Waals surface area (Å²) in [6.07, 6.45) is 0. The van der Waals surface area contributed by atoms with Gasteiger partial charge in [-0.05, 0) is 0 Å². The van der Waals surface area contributed by atoms with Crippen LogP contribution in [-0.4, -0.2) is 22.3 Å². The molecule has 9 nitrogen and oxygen atoms in total. The van der Waals surface area contributed by atoms with Gasteiger partial charge in [-0.25, -0.2) is 0 Å². The molecule has 0 aromatic carbocycles. The molecule has 1 aliphatic heterocycles. The molecule has 1 rings (SSSR count). The van der Waals surface area contributed by atoms with Crippen molar-refractivity contribution >= 4 is 22.3 Å². The molecule has 0 atom stereocenters. The fourth-order valence-corrected chi connectivity index (χ4v) is 1.28. The van der Waals surface area contributed by atoms with Crippen molar-refractivity contribution in [2.75, 3.05) is 0 Å². The number of nitrogens with zero attached hydrogens (tertiary/aromatic N) is 9. The van der Waals surface area contributed by atoms with E-state index in [0.29, 0.717) is 0 Å². The van der Waals surface area contributed by atoms with E-state index in [1.807, 2.05) is 0 Å². The van der Waals surface area contributed by atoms with Gasteiger partial charge in [-0.3, -0.25) is 4.91 Å². The van der Waals surface area contributed by atoms with Crippen LogP contribution in [0.1, 0.15) is 0 Å². The number of hydrogen-bond donors (Lipinski definition) is 0. The standard InChI is InChI=1S/In.3N3/c;3*1-3-2/q+3;3*-1. The zero-order valence-electron chi connectivity index (χ0n) is 4.60. The van der Waals surface area contributed by atoms with Gasteiger partial charge >= 0.3 is 47.0 Å². The second-order valence-electron chi connectivity index (χ2n) is 0.961. The van der Waals surface area contributed by atoms with E-state index in [-0.39, 0.29) is 0 Å². The van der Waals surface area contributed by atoms with Crippen molar-refractivity contribution in [3.63, 3.8) is 0 Å². The average molecular weight is 241 g/mol. The van der Waals surface area contributed by atoms with Crippen molar-refractivity contribution in [1.82, 2.24) is 4.91 Å². The van der Waals surface area contributed by atoms with Crippen LogP contribution in [0.3, 0.4) is 0 Å². The molecule has 0 saturated heterocycles. The molecule has 10 heavy (non-hydrogen) atoms. The Morgan fingerprint density at radius 1 is 1.30 bits per heavy atom. The molecule has 0 unspecified atom stereocenters. The normalized spacial score (nSPS) is 9.80. The van der Waals surface area contributed by atoms with E-state index in [4.69, 9.17) is 16.6 Å². The van der Waals surface area contributed by atoms with Gasteiger partial charge in [-0.1, -0.05) is 0 Å². The van der Waals surface area contributed by atoms with Gasteiger partial charge in [0.05, 0.1) is 0 Å². The summed E-state index contributed by atoms with van der Waals surface area (Å²) >= 11 is -2.29. The summed E-state index contributed by atoms with van der Waals surface area (Å²) in [5, 5.41) is 0. The van der Waals surface area contributed by atoms with Gasteiger partial charge in [0.1, 0.15) is 0 Å². The van der Waals surface area contributed by atoms with Gasteiger partial charge in [0, 0.05) is 0 Å². The molecule has 10 heteroatoms. The third kappa shape index (κ3) is 3.76. The van der Waals surface area contributed by atoms with Crippen molar-refractivity contribution in [2.45, 2.75) is 0 Å². The molecule has 0 saturated carbocycles. The molecule has 1 heterocycles. The van der Waals surface area contributed by atoms with Gasteiger partial charge < -0.3 is 11.1 Å². The second kappa shape index (κ2) is 5.93. The molecule has 0 aromatic rings. The third-order valence-corrected chi connectivity index (χ3v) is 3.12. The van der Waals surface area contributed by atoms with Crippen LogP contribution in [0.15, 0.2) is 9.31 Å². The van der Waals surface area contributed by atoms with E-state index in [1.165, 1.54) is 4.91 Å². The Morgan fingerprint density at radius 3 is 1.90 bits per heavy atom. The summed E-state index contributed by atoms with van der Waals surface area (Å²) in [4.78, 5) is 7.22. The third-order valence-electron chi connectivity index (χ3n) is 0.465. The monoisotopic (exact) mass is 241 g/mol. The first-order valence-corrected chi connectivity index (χ1v) is 6.40. The molecule has 0 aliphatic carbocycles. The van der Waals surface area contributed by atoms with E-state index < -0.39 is 22.3 Å². The van der Waals surface area contributed by atoms with Crippen LogP contribution in [0.5, 0.6) is 0 Å². The Kier molecular flexibility index (Phi) is 5.22. The molecule has 0 aromatic heterocycles. The molecule has 0 bridgehead atoms. The Balaban J connectivity index is 0.000000236. The fraction of sp³-hybridized carbons (Fsp3) is 0. The molecule has 0 fully saturated rings. The molecule has 1 aliphatic rings. The van der Waals surface area contributed by atoms with Gasteiger partial charge in [0.15, 0.2) is 0 Å². The van der Waals surface area contributed by atoms with Gasteiger partial charge in [-0.2, -0.15) is 0 Å². The first-order valence-electron chi connectivity index (χ1n) is 1.97. The number of hydrogen-bond acceptors (Lipinski definition) is 3. The summed E-state index contributed by atoms with van der Waals surface area (Å²) < 4.78 is 10.3. The van der Waals surface area contributed by atoms with E-state index in [0.717, 1.165) is 0 Å². The van der Waals surface area contributed by atoms with Crippen molar-refractivity contribution in [3.05, 3.63) is 26.4 Å². The molecule has 0 amide bonds. The summed E-state index contributed by atoms with van der Waals surface area (Å²) in [5.41, 5.74) is 21.3. The molecule has 0 spiro atoms. The quantitative estimate of drug-likeness (QED) is 0.367. The summed E-state index contributed by atoms with van der Waals surface area (Å²) in [6.45, 7) is 0. The predicted octanol–water partition coefficient (Wildman–Crippen LogP) is 1.13. The maximum absolute atomic E-state index is 7.75. The number of azide groups is 1. The van der Waals surface area contributed by atoms with Crippen LogP contribution in [-0.2, 0) is 0 Å². The average Bonchev–Trinajstić information content (AvgIpc) is 1.81. The summed E-state index contributed by atoms with van der Waals surface area (Å²) in [7, 11) is 0. The maximum atomic E-state index is 7.75. The topological polar surface area (TPSA) is 146 Å². The SMILES string of the molecule is [N-]=[N+]=[N-].[N-]=[N+]=[N][In]1[N]=[N+]=[N]1. The van der Waals surface area contributed by atoms with E-state index >= 15 is 0 Å². The Labute approximate surface area is 63.2 Å². The van der Waals surface area contributed by atoms with Gasteiger partial charge in [0.25, 0.3) is 0 Å². The first kappa shape index (κ1) is 8.80. The van der Waals surface area contributed by atoms with Crippen LogP contribution in [0, 0.1) is 0 Å². The van der Waals surface area contributed by atoms with E-state index in [2.05, 4.69) is 19.1 Å². The first-order chi connectivity index (χ1) is 4.85. The zero-order valence-corrected chi connectivity index (χ0v) is 7.90. The van der Waals surface area contributed by atoms with Crippen LogP contribution >= 0.6 is 0 Å². The second-order valence-corrected chi connectivity index (χ2v) is 4.92. The van der Waals surface area contributed by atoms with Crippen LogP contribution in [0.2, 0.25) is 0 Å².